The third-order valence-corrected chi connectivity index (χ3v) is 13.4. The maximum atomic E-state index is 6.71. The molecule has 0 N–H and O–H groups in total. The van der Waals surface area contributed by atoms with Gasteiger partial charge in [-0.05, 0) is 129 Å². The second-order valence-corrected chi connectivity index (χ2v) is 17.3. The highest BCUT2D eigenvalue weighted by Crippen LogP contribution is 2.44. The van der Waals surface area contributed by atoms with Gasteiger partial charge in [-0.15, -0.1) is 0 Å². The van der Waals surface area contributed by atoms with Crippen molar-refractivity contribution in [1.82, 2.24) is 4.57 Å². The van der Waals surface area contributed by atoms with Gasteiger partial charge in [0.05, 0.1) is 11.0 Å². The van der Waals surface area contributed by atoms with E-state index < -0.39 is 0 Å². The van der Waals surface area contributed by atoms with E-state index in [1.165, 1.54) is 32.6 Å². The molecule has 0 bridgehead atoms. The zero-order valence-electron chi connectivity index (χ0n) is 36.6. The van der Waals surface area contributed by atoms with Crippen LogP contribution in [0, 0.1) is 0 Å². The second-order valence-electron chi connectivity index (χ2n) is 17.3. The molecule has 0 fully saturated rings. The average molecular weight is 855 g/mol. The number of benzene rings is 11. The van der Waals surface area contributed by atoms with E-state index in [1.807, 2.05) is 6.07 Å². The quantitative estimate of drug-likeness (QED) is 0.152. The Labute approximate surface area is 388 Å². The van der Waals surface area contributed by atoms with Crippen LogP contribution in [0.5, 0.6) is 0 Å². The Morgan fingerprint density at radius 2 is 0.910 bits per heavy atom. The molecule has 0 unspecified atom stereocenters. The highest BCUT2D eigenvalue weighted by molar-refractivity contribution is 6.12. The van der Waals surface area contributed by atoms with Gasteiger partial charge in [0.25, 0.3) is 0 Å². The minimum Gasteiger partial charge on any atom is -0.455 e. The van der Waals surface area contributed by atoms with Crippen LogP contribution in [0.1, 0.15) is 0 Å². The van der Waals surface area contributed by atoms with Crippen molar-refractivity contribution in [2.75, 3.05) is 4.90 Å². The summed E-state index contributed by atoms with van der Waals surface area (Å²) in [5, 5.41) is 7.14. The molecule has 0 aliphatic rings. The topological polar surface area (TPSA) is 21.3 Å². The van der Waals surface area contributed by atoms with Gasteiger partial charge in [-0.1, -0.05) is 176 Å². The van der Waals surface area contributed by atoms with Crippen molar-refractivity contribution in [3.63, 3.8) is 0 Å². The summed E-state index contributed by atoms with van der Waals surface area (Å²) >= 11 is 0. The summed E-state index contributed by atoms with van der Waals surface area (Å²) in [6.07, 6.45) is 0. The highest BCUT2D eigenvalue weighted by atomic mass is 16.3. The molecule has 3 nitrogen and oxygen atoms in total. The van der Waals surface area contributed by atoms with Crippen molar-refractivity contribution in [1.29, 1.82) is 0 Å². The zero-order valence-corrected chi connectivity index (χ0v) is 36.6. The van der Waals surface area contributed by atoms with Crippen molar-refractivity contribution in [3.8, 4) is 50.2 Å². The van der Waals surface area contributed by atoms with Gasteiger partial charge in [0, 0.05) is 49.9 Å². The van der Waals surface area contributed by atoms with Crippen LogP contribution in [0.2, 0.25) is 0 Å². The summed E-state index contributed by atoms with van der Waals surface area (Å²) in [5.41, 5.74) is 17.7. The molecule has 0 atom stereocenters. The van der Waals surface area contributed by atoms with Crippen molar-refractivity contribution < 1.29 is 4.42 Å². The SMILES string of the molecule is c1ccc(N(c2cccc(-c3ccc(-c4ccc(-c5ccc6c(c5)c5ccccc5n6-c5ccccc5)cc4-c4cccc5c4oc4ccccc45)cc3)c2)c2ccc3ccccc3c2)cc1. The fourth-order valence-electron chi connectivity index (χ4n) is 10.2. The first-order chi connectivity index (χ1) is 33.2. The van der Waals surface area contributed by atoms with Gasteiger partial charge < -0.3 is 13.9 Å². The zero-order chi connectivity index (χ0) is 44.3. The number of aromatic nitrogens is 1. The number of furan rings is 1. The molecule has 11 aromatic carbocycles. The first-order valence-corrected chi connectivity index (χ1v) is 22.9. The maximum absolute atomic E-state index is 6.71. The highest BCUT2D eigenvalue weighted by Gasteiger charge is 2.19. The lowest BCUT2D eigenvalue weighted by atomic mass is 9.89. The Bertz CT molecular complexity index is 3980. The fourth-order valence-corrected chi connectivity index (χ4v) is 10.2. The van der Waals surface area contributed by atoms with Crippen molar-refractivity contribution in [2.45, 2.75) is 0 Å². The Morgan fingerprint density at radius 1 is 0.299 bits per heavy atom. The molecular weight excluding hydrogens is 813 g/mol. The van der Waals surface area contributed by atoms with Gasteiger partial charge in [0.15, 0.2) is 0 Å². The minimum atomic E-state index is 0.890. The van der Waals surface area contributed by atoms with E-state index in [0.717, 1.165) is 89.2 Å². The van der Waals surface area contributed by atoms with E-state index in [9.17, 15) is 0 Å². The summed E-state index contributed by atoms with van der Waals surface area (Å²) in [7, 11) is 0. The number of nitrogens with zero attached hydrogens (tertiary/aromatic N) is 2. The van der Waals surface area contributed by atoms with Crippen LogP contribution in [-0.4, -0.2) is 4.57 Å². The molecule has 0 aliphatic heterocycles. The Kier molecular flexibility index (Phi) is 9.17. The number of fused-ring (bicyclic) bond motifs is 7. The van der Waals surface area contributed by atoms with Crippen LogP contribution in [0.25, 0.3) is 105 Å². The van der Waals surface area contributed by atoms with Gasteiger partial charge in [0.1, 0.15) is 11.2 Å². The third kappa shape index (κ3) is 6.67. The van der Waals surface area contributed by atoms with Gasteiger partial charge in [-0.2, -0.15) is 0 Å². The molecule has 13 rings (SSSR count). The first-order valence-electron chi connectivity index (χ1n) is 22.9. The van der Waals surface area contributed by atoms with Gasteiger partial charge in [-0.25, -0.2) is 0 Å². The van der Waals surface area contributed by atoms with Gasteiger partial charge >= 0.3 is 0 Å². The molecule has 0 spiro atoms. The van der Waals surface area contributed by atoms with Crippen LogP contribution in [0.15, 0.2) is 259 Å². The van der Waals surface area contributed by atoms with Crippen LogP contribution in [0.3, 0.4) is 0 Å². The molecule has 2 aromatic heterocycles. The van der Waals surface area contributed by atoms with Gasteiger partial charge in [-0.3, -0.25) is 0 Å². The molecule has 0 aliphatic carbocycles. The normalized spacial score (nSPS) is 11.6. The number of anilines is 3. The number of para-hydroxylation sites is 5. The van der Waals surface area contributed by atoms with Crippen LogP contribution in [0.4, 0.5) is 17.1 Å². The molecule has 314 valence electrons. The summed E-state index contributed by atoms with van der Waals surface area (Å²) in [5.74, 6) is 0. The average Bonchev–Trinajstić information content (AvgIpc) is 3.95. The smallest absolute Gasteiger partial charge is 0.143 e. The summed E-state index contributed by atoms with van der Waals surface area (Å²) < 4.78 is 9.08. The molecule has 2 heterocycles. The lowest BCUT2D eigenvalue weighted by molar-refractivity contribution is 0.670. The molecule has 3 heteroatoms. The standard InChI is InChI=1S/C64H42N2O/c1-3-18-50(19-4-1)65(53-36-33-43-15-7-8-16-46(43)40-53)52-22-13-17-47(39-52)44-29-31-45(32-30-44)54-37-34-48(41-59(54)58-26-14-25-57-56-24-10-12-28-63(56)67-64(57)58)49-35-38-62-60(42-49)55-23-9-11-27-61(55)66(62)51-20-5-2-6-21-51/h1-42H. The summed E-state index contributed by atoms with van der Waals surface area (Å²) in [6.45, 7) is 0. The Hall–Kier alpha value is -8.92. The minimum absolute atomic E-state index is 0.890. The Morgan fingerprint density at radius 3 is 1.78 bits per heavy atom. The first kappa shape index (κ1) is 38.5. The third-order valence-electron chi connectivity index (χ3n) is 13.4. The number of hydrogen-bond acceptors (Lipinski definition) is 2. The van der Waals surface area contributed by atoms with Crippen molar-refractivity contribution in [2.24, 2.45) is 0 Å². The number of hydrogen-bond donors (Lipinski definition) is 0. The monoisotopic (exact) mass is 854 g/mol. The predicted molar refractivity (Wildman–Crippen MR) is 282 cm³/mol. The van der Waals surface area contributed by atoms with Crippen molar-refractivity contribution in [3.05, 3.63) is 255 Å². The summed E-state index contributed by atoms with van der Waals surface area (Å²) in [4.78, 5) is 2.34. The Balaban J connectivity index is 0.925. The molecule has 0 saturated heterocycles. The lowest BCUT2D eigenvalue weighted by Gasteiger charge is -2.26. The van der Waals surface area contributed by atoms with E-state index in [0.29, 0.717) is 0 Å². The fraction of sp³-hybridized carbons (Fsp3) is 0. The number of rotatable bonds is 8. The van der Waals surface area contributed by atoms with E-state index in [1.54, 1.807) is 0 Å². The van der Waals surface area contributed by atoms with E-state index in [4.69, 9.17) is 4.42 Å². The van der Waals surface area contributed by atoms with E-state index in [2.05, 4.69) is 258 Å². The maximum Gasteiger partial charge on any atom is 0.143 e. The summed E-state index contributed by atoms with van der Waals surface area (Å²) in [6, 6.07) is 91.9. The lowest BCUT2D eigenvalue weighted by Crippen LogP contribution is -2.09. The van der Waals surface area contributed by atoms with E-state index >= 15 is 0 Å². The van der Waals surface area contributed by atoms with Gasteiger partial charge in [0.2, 0.25) is 0 Å². The molecule has 0 radical (unpaired) electrons. The van der Waals surface area contributed by atoms with E-state index in [-0.39, 0.29) is 0 Å². The van der Waals surface area contributed by atoms with Crippen LogP contribution < -0.4 is 4.90 Å². The molecule has 0 amide bonds. The molecular formula is C64H42N2O. The molecule has 0 saturated carbocycles. The van der Waals surface area contributed by atoms with Crippen molar-refractivity contribution >= 4 is 71.6 Å². The molecule has 67 heavy (non-hydrogen) atoms. The van der Waals surface area contributed by atoms with Crippen LogP contribution >= 0.6 is 0 Å². The van der Waals surface area contributed by atoms with Crippen LogP contribution in [-0.2, 0) is 0 Å². The predicted octanol–water partition coefficient (Wildman–Crippen LogP) is 18.0. The largest absolute Gasteiger partial charge is 0.455 e. The second kappa shape index (κ2) is 16.0. The molecule has 13 aromatic rings.